The number of nitrogens with zero attached hydrogens (tertiary/aromatic N) is 2. The minimum Gasteiger partial charge on any atom is -0.469 e. The number of rotatable bonds is 2. The van der Waals surface area contributed by atoms with Crippen LogP contribution in [0.3, 0.4) is 0 Å². The van der Waals surface area contributed by atoms with E-state index in [9.17, 15) is 9.59 Å². The fourth-order valence-electron chi connectivity index (χ4n) is 3.42. The fourth-order valence-corrected chi connectivity index (χ4v) is 3.42. The van der Waals surface area contributed by atoms with Crippen LogP contribution in [0.25, 0.3) is 0 Å². The van der Waals surface area contributed by atoms with Crippen molar-refractivity contribution in [3.63, 3.8) is 0 Å². The summed E-state index contributed by atoms with van der Waals surface area (Å²) in [5.41, 5.74) is 0. The van der Waals surface area contributed by atoms with E-state index in [1.165, 1.54) is 0 Å². The van der Waals surface area contributed by atoms with E-state index in [1.54, 1.807) is 13.2 Å². The Morgan fingerprint density at radius 3 is 2.48 bits per heavy atom. The molecule has 1 atom stereocenters. The van der Waals surface area contributed by atoms with Crippen molar-refractivity contribution in [2.75, 3.05) is 26.2 Å². The first-order valence-electron chi connectivity index (χ1n) is 7.73. The molecule has 5 nitrogen and oxygen atoms in total. The summed E-state index contributed by atoms with van der Waals surface area (Å²) in [4.78, 5) is 27.7. The normalized spacial score (nSPS) is 23.6. The highest BCUT2D eigenvalue weighted by molar-refractivity contribution is 5.80. The maximum Gasteiger partial charge on any atom is 0.225 e. The molecule has 0 radical (unpaired) electrons. The van der Waals surface area contributed by atoms with Gasteiger partial charge >= 0.3 is 0 Å². The number of carbonyl (C=O) groups excluding carboxylic acids is 2. The summed E-state index contributed by atoms with van der Waals surface area (Å²) >= 11 is 0. The van der Waals surface area contributed by atoms with E-state index < -0.39 is 0 Å². The number of carbonyl (C=O) groups is 2. The lowest BCUT2D eigenvalue weighted by molar-refractivity contribution is -0.139. The second-order valence-corrected chi connectivity index (χ2v) is 6.07. The van der Waals surface area contributed by atoms with E-state index >= 15 is 0 Å². The molecule has 3 heterocycles. The molecule has 2 aliphatic heterocycles. The SMILES string of the molecule is CC(=O)N1CCC(C(=O)N2CCC(c3ccco3)C2)CC1. The molecule has 2 aliphatic rings. The van der Waals surface area contributed by atoms with Gasteiger partial charge in [-0.3, -0.25) is 9.59 Å². The first kappa shape index (κ1) is 14.2. The first-order chi connectivity index (χ1) is 10.1. The molecule has 21 heavy (non-hydrogen) atoms. The summed E-state index contributed by atoms with van der Waals surface area (Å²) in [6, 6.07) is 3.89. The molecular weight excluding hydrogens is 268 g/mol. The number of furan rings is 1. The number of piperidine rings is 1. The van der Waals surface area contributed by atoms with E-state index in [0.29, 0.717) is 19.0 Å². The number of likely N-dealkylation sites (tertiary alicyclic amines) is 2. The van der Waals surface area contributed by atoms with Crippen LogP contribution in [0.1, 0.15) is 37.9 Å². The number of amides is 2. The lowest BCUT2D eigenvalue weighted by atomic mass is 9.95. The van der Waals surface area contributed by atoms with E-state index in [0.717, 1.165) is 38.1 Å². The average Bonchev–Trinajstić information content (AvgIpc) is 3.17. The van der Waals surface area contributed by atoms with Gasteiger partial charge in [0.15, 0.2) is 0 Å². The highest BCUT2D eigenvalue weighted by Gasteiger charge is 2.34. The minimum atomic E-state index is 0.0796. The molecule has 5 heteroatoms. The molecular formula is C16H22N2O3. The Kier molecular flexibility index (Phi) is 3.99. The minimum absolute atomic E-state index is 0.0796. The second kappa shape index (κ2) is 5.92. The predicted molar refractivity (Wildman–Crippen MR) is 77.6 cm³/mol. The lowest BCUT2D eigenvalue weighted by Gasteiger charge is -2.32. The van der Waals surface area contributed by atoms with E-state index in [-0.39, 0.29) is 17.7 Å². The molecule has 2 fully saturated rings. The van der Waals surface area contributed by atoms with E-state index in [2.05, 4.69) is 0 Å². The van der Waals surface area contributed by atoms with Gasteiger partial charge in [0.1, 0.15) is 5.76 Å². The van der Waals surface area contributed by atoms with Gasteiger partial charge in [-0.25, -0.2) is 0 Å². The quantitative estimate of drug-likeness (QED) is 0.835. The molecule has 0 aromatic carbocycles. The Bertz CT molecular complexity index is 504. The Labute approximate surface area is 124 Å². The Morgan fingerprint density at radius 1 is 1.14 bits per heavy atom. The van der Waals surface area contributed by atoms with Crippen LogP contribution in [0.5, 0.6) is 0 Å². The van der Waals surface area contributed by atoms with Crippen LogP contribution >= 0.6 is 0 Å². The molecule has 1 unspecified atom stereocenters. The summed E-state index contributed by atoms with van der Waals surface area (Å²) in [7, 11) is 0. The zero-order chi connectivity index (χ0) is 14.8. The zero-order valence-corrected chi connectivity index (χ0v) is 12.5. The number of hydrogen-bond donors (Lipinski definition) is 0. The van der Waals surface area contributed by atoms with Gasteiger partial charge in [-0.1, -0.05) is 0 Å². The molecule has 0 N–H and O–H groups in total. The van der Waals surface area contributed by atoms with Crippen LogP contribution in [-0.2, 0) is 9.59 Å². The van der Waals surface area contributed by atoms with Crippen molar-refractivity contribution < 1.29 is 14.0 Å². The first-order valence-corrected chi connectivity index (χ1v) is 7.73. The molecule has 114 valence electrons. The summed E-state index contributed by atoms with van der Waals surface area (Å²) < 4.78 is 5.45. The van der Waals surface area contributed by atoms with Crippen LogP contribution < -0.4 is 0 Å². The predicted octanol–water partition coefficient (Wildman–Crippen LogP) is 1.85. The molecule has 0 aliphatic carbocycles. The third-order valence-electron chi connectivity index (χ3n) is 4.74. The molecule has 1 aromatic heterocycles. The van der Waals surface area contributed by atoms with Crippen LogP contribution in [-0.4, -0.2) is 47.8 Å². The van der Waals surface area contributed by atoms with Gasteiger partial charge in [-0.15, -0.1) is 0 Å². The van der Waals surface area contributed by atoms with Gasteiger partial charge in [0, 0.05) is 44.9 Å². The zero-order valence-electron chi connectivity index (χ0n) is 12.5. The summed E-state index contributed by atoms with van der Waals surface area (Å²) in [6.45, 7) is 4.59. The van der Waals surface area contributed by atoms with Crippen molar-refractivity contribution in [1.29, 1.82) is 0 Å². The van der Waals surface area contributed by atoms with Crippen LogP contribution in [0, 0.1) is 5.92 Å². The third kappa shape index (κ3) is 2.96. The average molecular weight is 290 g/mol. The molecule has 0 bridgehead atoms. The van der Waals surface area contributed by atoms with Gasteiger partial charge in [0.2, 0.25) is 11.8 Å². The molecule has 0 spiro atoms. The van der Waals surface area contributed by atoms with Crippen LogP contribution in [0.2, 0.25) is 0 Å². The standard InChI is InChI=1S/C16H22N2O3/c1-12(19)17-7-4-13(5-8-17)16(20)18-9-6-14(11-18)15-3-2-10-21-15/h2-3,10,13-14H,4-9,11H2,1H3. The van der Waals surface area contributed by atoms with Crippen molar-refractivity contribution in [2.45, 2.75) is 32.1 Å². The van der Waals surface area contributed by atoms with Gasteiger partial charge in [-0.05, 0) is 31.4 Å². The maximum absolute atomic E-state index is 12.6. The van der Waals surface area contributed by atoms with Crippen molar-refractivity contribution in [3.05, 3.63) is 24.2 Å². The smallest absolute Gasteiger partial charge is 0.225 e. The maximum atomic E-state index is 12.6. The Hall–Kier alpha value is -1.78. The van der Waals surface area contributed by atoms with Crippen LogP contribution in [0.4, 0.5) is 0 Å². The largest absolute Gasteiger partial charge is 0.469 e. The molecule has 2 amide bonds. The molecule has 2 saturated heterocycles. The lowest BCUT2D eigenvalue weighted by Crippen LogP contribution is -2.43. The Balaban J connectivity index is 1.54. The fraction of sp³-hybridized carbons (Fsp3) is 0.625. The topological polar surface area (TPSA) is 53.8 Å². The van der Waals surface area contributed by atoms with Crippen molar-refractivity contribution in [2.24, 2.45) is 5.92 Å². The summed E-state index contributed by atoms with van der Waals surface area (Å²) in [5, 5.41) is 0. The molecule has 0 saturated carbocycles. The third-order valence-corrected chi connectivity index (χ3v) is 4.74. The monoisotopic (exact) mass is 290 g/mol. The molecule has 1 aromatic rings. The highest BCUT2D eigenvalue weighted by Crippen LogP contribution is 2.30. The summed E-state index contributed by atoms with van der Waals surface area (Å²) in [6.07, 6.45) is 4.25. The van der Waals surface area contributed by atoms with Gasteiger partial charge in [-0.2, -0.15) is 0 Å². The highest BCUT2D eigenvalue weighted by atomic mass is 16.3. The van der Waals surface area contributed by atoms with Crippen LogP contribution in [0.15, 0.2) is 22.8 Å². The van der Waals surface area contributed by atoms with Gasteiger partial charge in [0.25, 0.3) is 0 Å². The second-order valence-electron chi connectivity index (χ2n) is 6.07. The van der Waals surface area contributed by atoms with Gasteiger partial charge in [0.05, 0.1) is 6.26 Å². The van der Waals surface area contributed by atoms with Crippen molar-refractivity contribution in [3.8, 4) is 0 Å². The van der Waals surface area contributed by atoms with E-state index in [1.807, 2.05) is 21.9 Å². The number of hydrogen-bond acceptors (Lipinski definition) is 3. The van der Waals surface area contributed by atoms with Gasteiger partial charge < -0.3 is 14.2 Å². The molecule has 3 rings (SSSR count). The summed E-state index contributed by atoms with van der Waals surface area (Å²) in [5.74, 6) is 1.76. The van der Waals surface area contributed by atoms with Crippen molar-refractivity contribution in [1.82, 2.24) is 9.80 Å². The van der Waals surface area contributed by atoms with Crippen molar-refractivity contribution >= 4 is 11.8 Å². The Morgan fingerprint density at radius 2 is 1.86 bits per heavy atom. The van der Waals surface area contributed by atoms with E-state index in [4.69, 9.17) is 4.42 Å².